The highest BCUT2D eigenvalue weighted by molar-refractivity contribution is 14.1. The maximum atomic E-state index is 5.49. The Balaban J connectivity index is 2.27. The van der Waals surface area contributed by atoms with Gasteiger partial charge in [0.2, 0.25) is 0 Å². The monoisotopic (exact) mass is 423 g/mol. The van der Waals surface area contributed by atoms with E-state index in [1.807, 2.05) is 6.07 Å². The van der Waals surface area contributed by atoms with Crippen LogP contribution in [0.15, 0.2) is 22.7 Å². The summed E-state index contributed by atoms with van der Waals surface area (Å²) < 4.78 is 2.25. The van der Waals surface area contributed by atoms with Gasteiger partial charge in [-0.15, -0.1) is 10.2 Å². The minimum absolute atomic E-state index is 0.698. The standard InChI is InChI=1S/C11H11BrIN3S/c12-7-3-4-9(13)8(6-7)11-16-15-10(17-11)2-1-5-14/h3-4,6H,1-2,5,14H2. The zero-order chi connectivity index (χ0) is 12.3. The van der Waals surface area contributed by atoms with Gasteiger partial charge in [-0.1, -0.05) is 27.3 Å². The number of hydrogen-bond acceptors (Lipinski definition) is 4. The van der Waals surface area contributed by atoms with Crippen LogP contribution in [0.1, 0.15) is 11.4 Å². The lowest BCUT2D eigenvalue weighted by molar-refractivity contribution is 0.812. The van der Waals surface area contributed by atoms with Crippen LogP contribution in [-0.2, 0) is 6.42 Å². The van der Waals surface area contributed by atoms with Crippen LogP contribution in [0.2, 0.25) is 0 Å². The molecule has 0 aliphatic carbocycles. The Labute approximate surface area is 126 Å². The molecule has 0 amide bonds. The number of hydrogen-bond donors (Lipinski definition) is 1. The molecule has 0 fully saturated rings. The van der Waals surface area contributed by atoms with Crippen molar-refractivity contribution in [1.82, 2.24) is 10.2 Å². The molecule has 0 atom stereocenters. The number of aromatic nitrogens is 2. The second-order valence-corrected chi connectivity index (χ2v) is 6.66. The summed E-state index contributed by atoms with van der Waals surface area (Å²) in [7, 11) is 0. The lowest BCUT2D eigenvalue weighted by Crippen LogP contribution is -1.99. The molecule has 0 saturated heterocycles. The highest BCUT2D eigenvalue weighted by atomic mass is 127. The summed E-state index contributed by atoms with van der Waals surface area (Å²) in [5, 5.41) is 10.5. The fourth-order valence-corrected chi connectivity index (χ4v) is 3.42. The molecular formula is C11H11BrIN3S. The molecule has 3 nitrogen and oxygen atoms in total. The van der Waals surface area contributed by atoms with E-state index in [9.17, 15) is 0 Å². The largest absolute Gasteiger partial charge is 0.330 e. The quantitative estimate of drug-likeness (QED) is 0.766. The lowest BCUT2D eigenvalue weighted by atomic mass is 10.2. The second-order valence-electron chi connectivity index (χ2n) is 3.52. The Morgan fingerprint density at radius 2 is 2.18 bits per heavy atom. The van der Waals surface area contributed by atoms with Crippen molar-refractivity contribution in [2.24, 2.45) is 5.73 Å². The van der Waals surface area contributed by atoms with Crippen LogP contribution in [0.3, 0.4) is 0 Å². The molecule has 1 aromatic heterocycles. The molecule has 0 spiro atoms. The van der Waals surface area contributed by atoms with Gasteiger partial charge in [-0.25, -0.2) is 0 Å². The van der Waals surface area contributed by atoms with Crippen molar-refractivity contribution in [1.29, 1.82) is 0 Å². The first-order valence-corrected chi connectivity index (χ1v) is 7.87. The van der Waals surface area contributed by atoms with Gasteiger partial charge in [0.1, 0.15) is 10.0 Å². The molecule has 0 unspecified atom stereocenters. The molecule has 6 heteroatoms. The third kappa shape index (κ3) is 3.46. The zero-order valence-electron chi connectivity index (χ0n) is 8.99. The second kappa shape index (κ2) is 6.21. The fraction of sp³-hybridized carbons (Fsp3) is 0.273. The van der Waals surface area contributed by atoms with E-state index < -0.39 is 0 Å². The average molecular weight is 424 g/mol. The van der Waals surface area contributed by atoms with Gasteiger partial charge in [-0.3, -0.25) is 0 Å². The van der Waals surface area contributed by atoms with Gasteiger partial charge < -0.3 is 5.73 Å². The minimum atomic E-state index is 0.698. The van der Waals surface area contributed by atoms with Gasteiger partial charge in [-0.2, -0.15) is 0 Å². The van der Waals surface area contributed by atoms with Crippen LogP contribution in [-0.4, -0.2) is 16.7 Å². The summed E-state index contributed by atoms with van der Waals surface area (Å²) in [5.41, 5.74) is 6.62. The van der Waals surface area contributed by atoms with E-state index in [4.69, 9.17) is 5.73 Å². The van der Waals surface area contributed by atoms with E-state index >= 15 is 0 Å². The predicted molar refractivity (Wildman–Crippen MR) is 83.1 cm³/mol. The van der Waals surface area contributed by atoms with E-state index in [1.165, 1.54) is 3.57 Å². The van der Waals surface area contributed by atoms with Gasteiger partial charge in [0.05, 0.1) is 0 Å². The Bertz CT molecular complexity index is 515. The summed E-state index contributed by atoms with van der Waals surface area (Å²) in [6.45, 7) is 0.698. The first-order valence-electron chi connectivity index (χ1n) is 5.18. The maximum Gasteiger partial charge on any atom is 0.148 e. The van der Waals surface area contributed by atoms with E-state index in [1.54, 1.807) is 11.3 Å². The first kappa shape index (κ1) is 13.4. The molecule has 17 heavy (non-hydrogen) atoms. The fourth-order valence-electron chi connectivity index (χ4n) is 1.38. The van der Waals surface area contributed by atoms with Crippen LogP contribution >= 0.6 is 49.9 Å². The Morgan fingerprint density at radius 1 is 1.35 bits per heavy atom. The molecule has 0 aliphatic rings. The number of nitrogens with zero attached hydrogens (tertiary/aromatic N) is 2. The van der Waals surface area contributed by atoms with Crippen molar-refractivity contribution in [2.45, 2.75) is 12.8 Å². The van der Waals surface area contributed by atoms with Crippen molar-refractivity contribution >= 4 is 49.9 Å². The van der Waals surface area contributed by atoms with E-state index in [0.717, 1.165) is 32.9 Å². The number of nitrogens with two attached hydrogens (primary N) is 1. The van der Waals surface area contributed by atoms with Crippen LogP contribution in [0.5, 0.6) is 0 Å². The van der Waals surface area contributed by atoms with E-state index in [-0.39, 0.29) is 0 Å². The Hall–Kier alpha value is -0.0500. The zero-order valence-corrected chi connectivity index (χ0v) is 13.5. The third-order valence-electron chi connectivity index (χ3n) is 2.22. The predicted octanol–water partition coefficient (Wildman–Crippen LogP) is 3.46. The average Bonchev–Trinajstić information content (AvgIpc) is 2.78. The summed E-state index contributed by atoms with van der Waals surface area (Å²) in [5.74, 6) is 0. The van der Waals surface area contributed by atoms with Gasteiger partial charge in [0, 0.05) is 20.0 Å². The van der Waals surface area contributed by atoms with E-state index in [2.05, 4.69) is 60.9 Å². The minimum Gasteiger partial charge on any atom is -0.330 e. The summed E-state index contributed by atoms with van der Waals surface area (Å²) in [6.07, 6.45) is 1.88. The Morgan fingerprint density at radius 3 is 2.94 bits per heavy atom. The number of benzene rings is 1. The van der Waals surface area contributed by atoms with Gasteiger partial charge in [0.15, 0.2) is 0 Å². The summed E-state index contributed by atoms with van der Waals surface area (Å²) >= 11 is 7.44. The molecule has 1 heterocycles. The summed E-state index contributed by atoms with van der Waals surface area (Å²) in [4.78, 5) is 0. The molecule has 2 rings (SSSR count). The molecule has 0 saturated carbocycles. The first-order chi connectivity index (χ1) is 8.20. The van der Waals surface area contributed by atoms with Crippen molar-refractivity contribution in [2.75, 3.05) is 6.54 Å². The molecule has 2 aromatic rings. The Kier molecular flexibility index (Phi) is 4.89. The number of rotatable bonds is 4. The third-order valence-corrected chi connectivity index (χ3v) is 4.67. The molecule has 1 aromatic carbocycles. The van der Waals surface area contributed by atoms with Gasteiger partial charge in [-0.05, 0) is 53.8 Å². The molecule has 0 bridgehead atoms. The molecule has 2 N–H and O–H groups in total. The van der Waals surface area contributed by atoms with Crippen molar-refractivity contribution in [3.8, 4) is 10.6 Å². The van der Waals surface area contributed by atoms with E-state index in [0.29, 0.717) is 6.54 Å². The van der Waals surface area contributed by atoms with Crippen molar-refractivity contribution in [3.05, 3.63) is 31.2 Å². The van der Waals surface area contributed by atoms with Gasteiger partial charge >= 0.3 is 0 Å². The highest BCUT2D eigenvalue weighted by Gasteiger charge is 2.10. The lowest BCUT2D eigenvalue weighted by Gasteiger charge is -2.00. The van der Waals surface area contributed by atoms with Gasteiger partial charge in [0.25, 0.3) is 0 Å². The molecular weight excluding hydrogens is 413 g/mol. The van der Waals surface area contributed by atoms with Crippen molar-refractivity contribution in [3.63, 3.8) is 0 Å². The smallest absolute Gasteiger partial charge is 0.148 e. The normalized spacial score (nSPS) is 10.8. The van der Waals surface area contributed by atoms with Crippen LogP contribution in [0, 0.1) is 3.57 Å². The molecule has 90 valence electrons. The van der Waals surface area contributed by atoms with Crippen LogP contribution in [0.25, 0.3) is 10.6 Å². The SMILES string of the molecule is NCCCc1nnc(-c2cc(Br)ccc2I)s1. The van der Waals surface area contributed by atoms with Crippen molar-refractivity contribution < 1.29 is 0 Å². The topological polar surface area (TPSA) is 51.8 Å². The molecule has 0 aliphatic heterocycles. The van der Waals surface area contributed by atoms with Crippen LogP contribution < -0.4 is 5.73 Å². The number of aryl methyl sites for hydroxylation is 1. The highest BCUT2D eigenvalue weighted by Crippen LogP contribution is 2.30. The molecule has 0 radical (unpaired) electrons. The maximum absolute atomic E-state index is 5.49. The summed E-state index contributed by atoms with van der Waals surface area (Å²) in [6, 6.07) is 6.18. The van der Waals surface area contributed by atoms with Crippen LogP contribution in [0.4, 0.5) is 0 Å². The number of halogens is 2.